The molecule has 18 heavy (non-hydrogen) atoms. The van der Waals surface area contributed by atoms with E-state index in [4.69, 9.17) is 4.84 Å². The lowest BCUT2D eigenvalue weighted by Crippen LogP contribution is -2.16. The molecular formula is C14H19N3O. The highest BCUT2D eigenvalue weighted by molar-refractivity contribution is 5.13. The lowest BCUT2D eigenvalue weighted by atomic mass is 10.2. The lowest BCUT2D eigenvalue weighted by molar-refractivity contribution is 0.0223. The number of aromatic nitrogens is 2. The van der Waals surface area contributed by atoms with E-state index in [9.17, 15) is 0 Å². The Morgan fingerprint density at radius 1 is 1.28 bits per heavy atom. The molecule has 0 radical (unpaired) electrons. The maximum atomic E-state index is 5.43. The number of nitrogens with zero attached hydrogens (tertiary/aromatic N) is 2. The van der Waals surface area contributed by atoms with Gasteiger partial charge < -0.3 is 0 Å². The molecule has 2 aromatic rings. The van der Waals surface area contributed by atoms with Gasteiger partial charge >= 0.3 is 0 Å². The number of aryl methyl sites for hydroxylation is 2. The summed E-state index contributed by atoms with van der Waals surface area (Å²) in [6.07, 6.45) is 0.957. The Bertz CT molecular complexity index is 479. The third-order valence-electron chi connectivity index (χ3n) is 2.83. The van der Waals surface area contributed by atoms with Gasteiger partial charge in [0.1, 0.15) is 0 Å². The third-order valence-corrected chi connectivity index (χ3v) is 2.83. The van der Waals surface area contributed by atoms with E-state index >= 15 is 0 Å². The van der Waals surface area contributed by atoms with Gasteiger partial charge in [0.2, 0.25) is 0 Å². The normalized spacial score (nSPS) is 10.8. The van der Waals surface area contributed by atoms with Gasteiger partial charge in [-0.3, -0.25) is 9.52 Å². The van der Waals surface area contributed by atoms with E-state index in [1.165, 1.54) is 0 Å². The Balaban J connectivity index is 1.76. The molecule has 1 N–H and O–H groups in total. The molecule has 4 nitrogen and oxygen atoms in total. The standard InChI is InChI=1S/C14H19N3O/c1-3-13-9-14(17(2)16-13)10-15-18-11-12-7-5-4-6-8-12/h4-9,15H,3,10-11H2,1-2H3. The Hall–Kier alpha value is -1.65. The maximum absolute atomic E-state index is 5.43. The van der Waals surface area contributed by atoms with E-state index in [2.05, 4.69) is 23.6 Å². The summed E-state index contributed by atoms with van der Waals surface area (Å²) in [5.74, 6) is 0. The van der Waals surface area contributed by atoms with Crippen LogP contribution in [0.3, 0.4) is 0 Å². The number of hydrogen-bond acceptors (Lipinski definition) is 3. The quantitative estimate of drug-likeness (QED) is 0.626. The Morgan fingerprint density at radius 2 is 2.06 bits per heavy atom. The summed E-state index contributed by atoms with van der Waals surface area (Å²) >= 11 is 0. The van der Waals surface area contributed by atoms with Crippen molar-refractivity contribution in [2.45, 2.75) is 26.5 Å². The van der Waals surface area contributed by atoms with Gasteiger partial charge in [0.25, 0.3) is 0 Å². The van der Waals surface area contributed by atoms with Crippen molar-refractivity contribution in [1.82, 2.24) is 15.3 Å². The van der Waals surface area contributed by atoms with Crippen LogP contribution in [0.15, 0.2) is 36.4 Å². The van der Waals surface area contributed by atoms with Crippen LogP contribution in [0, 0.1) is 0 Å². The van der Waals surface area contributed by atoms with Crippen LogP contribution in [-0.4, -0.2) is 9.78 Å². The SMILES string of the molecule is CCc1cc(CNOCc2ccccc2)n(C)n1. The van der Waals surface area contributed by atoms with Crippen molar-refractivity contribution in [2.75, 3.05) is 0 Å². The number of rotatable bonds is 6. The van der Waals surface area contributed by atoms with Gasteiger partial charge in [-0.05, 0) is 18.1 Å². The molecule has 0 bridgehead atoms. The fourth-order valence-electron chi connectivity index (χ4n) is 1.74. The van der Waals surface area contributed by atoms with Crippen molar-refractivity contribution >= 4 is 0 Å². The van der Waals surface area contributed by atoms with Gasteiger partial charge in [-0.2, -0.15) is 10.6 Å². The fourth-order valence-corrected chi connectivity index (χ4v) is 1.74. The molecule has 2 rings (SSSR count). The molecular weight excluding hydrogens is 226 g/mol. The van der Waals surface area contributed by atoms with Crippen LogP contribution in [0.1, 0.15) is 23.9 Å². The van der Waals surface area contributed by atoms with Crippen molar-refractivity contribution < 1.29 is 4.84 Å². The van der Waals surface area contributed by atoms with Gasteiger partial charge in [-0.25, -0.2) is 0 Å². The summed E-state index contributed by atoms with van der Waals surface area (Å²) in [7, 11) is 1.95. The minimum Gasteiger partial charge on any atom is -0.297 e. The van der Waals surface area contributed by atoms with E-state index in [-0.39, 0.29) is 0 Å². The van der Waals surface area contributed by atoms with Crippen LogP contribution in [0.5, 0.6) is 0 Å². The highest BCUT2D eigenvalue weighted by Crippen LogP contribution is 2.04. The van der Waals surface area contributed by atoms with Gasteiger partial charge in [-0.15, -0.1) is 0 Å². The summed E-state index contributed by atoms with van der Waals surface area (Å²) in [5.41, 5.74) is 6.36. The second-order valence-electron chi connectivity index (χ2n) is 4.20. The van der Waals surface area contributed by atoms with Crippen LogP contribution in [0.2, 0.25) is 0 Å². The lowest BCUT2D eigenvalue weighted by Gasteiger charge is -2.06. The van der Waals surface area contributed by atoms with Crippen LogP contribution in [-0.2, 0) is 31.5 Å². The fraction of sp³-hybridized carbons (Fsp3) is 0.357. The predicted octanol–water partition coefficient (Wildman–Crippen LogP) is 2.20. The molecule has 0 aliphatic rings. The average Bonchev–Trinajstić information content (AvgIpc) is 2.77. The van der Waals surface area contributed by atoms with Gasteiger partial charge in [0, 0.05) is 7.05 Å². The first kappa shape index (κ1) is 12.8. The smallest absolute Gasteiger partial charge is 0.0933 e. The predicted molar refractivity (Wildman–Crippen MR) is 70.7 cm³/mol. The molecule has 0 spiro atoms. The zero-order chi connectivity index (χ0) is 12.8. The molecule has 0 unspecified atom stereocenters. The number of benzene rings is 1. The van der Waals surface area contributed by atoms with Crippen molar-refractivity contribution in [1.29, 1.82) is 0 Å². The molecule has 0 saturated carbocycles. The first-order valence-electron chi connectivity index (χ1n) is 6.20. The van der Waals surface area contributed by atoms with Crippen LogP contribution >= 0.6 is 0 Å². The molecule has 1 aromatic heterocycles. The van der Waals surface area contributed by atoms with E-state index in [1.807, 2.05) is 42.1 Å². The molecule has 0 fully saturated rings. The molecule has 0 saturated heterocycles. The second-order valence-corrected chi connectivity index (χ2v) is 4.20. The number of hydrogen-bond donors (Lipinski definition) is 1. The zero-order valence-electron chi connectivity index (χ0n) is 10.9. The van der Waals surface area contributed by atoms with Crippen LogP contribution in [0.25, 0.3) is 0 Å². The first-order valence-corrected chi connectivity index (χ1v) is 6.20. The summed E-state index contributed by atoms with van der Waals surface area (Å²) in [5, 5.41) is 4.39. The van der Waals surface area contributed by atoms with Crippen LogP contribution in [0.4, 0.5) is 0 Å². The maximum Gasteiger partial charge on any atom is 0.0933 e. The molecule has 0 amide bonds. The van der Waals surface area contributed by atoms with Gasteiger partial charge in [0.05, 0.1) is 24.5 Å². The molecule has 1 heterocycles. The summed E-state index contributed by atoms with van der Waals surface area (Å²) in [6.45, 7) is 3.33. The Labute approximate surface area is 108 Å². The van der Waals surface area contributed by atoms with E-state index in [1.54, 1.807) is 0 Å². The van der Waals surface area contributed by atoms with E-state index in [0.29, 0.717) is 13.2 Å². The van der Waals surface area contributed by atoms with E-state index < -0.39 is 0 Å². The largest absolute Gasteiger partial charge is 0.297 e. The van der Waals surface area contributed by atoms with E-state index in [0.717, 1.165) is 23.4 Å². The Morgan fingerprint density at radius 3 is 2.72 bits per heavy atom. The average molecular weight is 245 g/mol. The summed E-state index contributed by atoms with van der Waals surface area (Å²) in [6, 6.07) is 12.2. The molecule has 0 aliphatic heterocycles. The third kappa shape index (κ3) is 3.42. The highest BCUT2D eigenvalue weighted by atomic mass is 16.6. The number of nitrogens with one attached hydrogen (secondary N) is 1. The van der Waals surface area contributed by atoms with Crippen molar-refractivity contribution in [3.63, 3.8) is 0 Å². The Kier molecular flexibility index (Phi) is 4.50. The highest BCUT2D eigenvalue weighted by Gasteiger charge is 2.02. The summed E-state index contributed by atoms with van der Waals surface area (Å²) < 4.78 is 1.89. The van der Waals surface area contributed by atoms with Crippen molar-refractivity contribution in [2.24, 2.45) is 7.05 Å². The molecule has 0 aliphatic carbocycles. The first-order chi connectivity index (χ1) is 8.79. The van der Waals surface area contributed by atoms with Gasteiger partial charge in [0.15, 0.2) is 0 Å². The minimum atomic E-state index is 0.569. The summed E-state index contributed by atoms with van der Waals surface area (Å²) in [4.78, 5) is 5.43. The minimum absolute atomic E-state index is 0.569. The molecule has 1 aromatic carbocycles. The van der Waals surface area contributed by atoms with Crippen LogP contribution < -0.4 is 5.48 Å². The number of hydroxylamine groups is 1. The zero-order valence-corrected chi connectivity index (χ0v) is 10.9. The molecule has 4 heteroatoms. The van der Waals surface area contributed by atoms with Crippen molar-refractivity contribution in [3.05, 3.63) is 53.3 Å². The monoisotopic (exact) mass is 245 g/mol. The topological polar surface area (TPSA) is 39.1 Å². The van der Waals surface area contributed by atoms with Crippen molar-refractivity contribution in [3.8, 4) is 0 Å². The molecule has 0 atom stereocenters. The van der Waals surface area contributed by atoms with Gasteiger partial charge in [-0.1, -0.05) is 37.3 Å². The second kappa shape index (κ2) is 6.33. The molecule has 96 valence electrons.